The third-order valence-corrected chi connectivity index (χ3v) is 5.87. The molecule has 0 bridgehead atoms. The number of carbonyl (C=O) groups is 1. The van der Waals surface area contributed by atoms with Gasteiger partial charge in [-0.25, -0.2) is 9.97 Å². The van der Waals surface area contributed by atoms with Crippen LogP contribution in [0.15, 0.2) is 42.9 Å². The van der Waals surface area contributed by atoms with E-state index in [1.165, 1.54) is 6.33 Å². The highest BCUT2D eigenvalue weighted by molar-refractivity contribution is 6.30. The van der Waals surface area contributed by atoms with Gasteiger partial charge < -0.3 is 15.2 Å². The molecule has 0 aliphatic carbocycles. The number of amides is 1. The molecule has 0 unspecified atom stereocenters. The number of H-pyrrole nitrogens is 1. The maximum Gasteiger partial charge on any atom is 0.241 e. The van der Waals surface area contributed by atoms with Crippen LogP contribution in [0.4, 0.5) is 5.82 Å². The molecule has 2 aromatic heterocycles. The van der Waals surface area contributed by atoms with Crippen LogP contribution in [0.5, 0.6) is 0 Å². The van der Waals surface area contributed by atoms with E-state index in [1.54, 1.807) is 12.1 Å². The van der Waals surface area contributed by atoms with Gasteiger partial charge in [0.05, 0.1) is 17.5 Å². The van der Waals surface area contributed by atoms with E-state index in [1.807, 2.05) is 31.3 Å². The Bertz CT molecular complexity index is 1060. The van der Waals surface area contributed by atoms with E-state index in [-0.39, 0.29) is 11.9 Å². The fraction of sp³-hybridized carbons (Fsp3) is 0.333. The average Bonchev–Trinajstić information content (AvgIpc) is 3.23. The minimum absolute atomic E-state index is 0.204. The first-order chi connectivity index (χ1) is 14.0. The number of aromatic amines is 1. The van der Waals surface area contributed by atoms with Gasteiger partial charge in [-0.1, -0.05) is 23.7 Å². The number of rotatable bonds is 4. The smallest absolute Gasteiger partial charge is 0.241 e. The van der Waals surface area contributed by atoms with Crippen LogP contribution in [0, 0.1) is 16.7 Å². The van der Waals surface area contributed by atoms with Crippen molar-refractivity contribution < 1.29 is 4.79 Å². The van der Waals surface area contributed by atoms with E-state index < -0.39 is 5.41 Å². The van der Waals surface area contributed by atoms with Gasteiger partial charge in [0.15, 0.2) is 0 Å². The second-order valence-corrected chi connectivity index (χ2v) is 7.80. The second-order valence-electron chi connectivity index (χ2n) is 7.36. The Morgan fingerprint density at radius 3 is 2.69 bits per heavy atom. The van der Waals surface area contributed by atoms with Gasteiger partial charge in [0.1, 0.15) is 23.2 Å². The number of nitrogens with one attached hydrogen (secondary N) is 2. The van der Waals surface area contributed by atoms with Gasteiger partial charge in [-0.3, -0.25) is 4.79 Å². The summed E-state index contributed by atoms with van der Waals surface area (Å²) in [6.45, 7) is 3.06. The number of hydrogen-bond acceptors (Lipinski definition) is 5. The molecule has 0 saturated carbocycles. The van der Waals surface area contributed by atoms with Crippen molar-refractivity contribution in [1.29, 1.82) is 5.26 Å². The lowest BCUT2D eigenvalue weighted by Crippen LogP contribution is -2.49. The SMILES string of the molecule is C[C@@H](NC(=O)C1(C#N)CCN(c2ncnc3[nH]ccc23)CC1)c1ccc(Cl)cc1. The Hall–Kier alpha value is -3.11. The van der Waals surface area contributed by atoms with Crippen molar-refractivity contribution in [3.05, 3.63) is 53.4 Å². The lowest BCUT2D eigenvalue weighted by molar-refractivity contribution is -0.129. The third-order valence-electron chi connectivity index (χ3n) is 5.62. The van der Waals surface area contributed by atoms with Crippen molar-refractivity contribution in [2.75, 3.05) is 18.0 Å². The molecule has 7 nitrogen and oxygen atoms in total. The van der Waals surface area contributed by atoms with Crippen LogP contribution in [-0.4, -0.2) is 33.9 Å². The molecule has 1 aromatic carbocycles. The van der Waals surface area contributed by atoms with E-state index in [0.717, 1.165) is 22.4 Å². The van der Waals surface area contributed by atoms with E-state index in [0.29, 0.717) is 31.0 Å². The number of halogens is 1. The summed E-state index contributed by atoms with van der Waals surface area (Å²) in [6.07, 6.45) is 4.25. The quantitative estimate of drug-likeness (QED) is 0.687. The average molecular weight is 409 g/mol. The number of anilines is 1. The van der Waals surface area contributed by atoms with Gasteiger partial charge in [0.2, 0.25) is 5.91 Å². The van der Waals surface area contributed by atoms with Gasteiger partial charge >= 0.3 is 0 Å². The number of aromatic nitrogens is 3. The van der Waals surface area contributed by atoms with E-state index in [4.69, 9.17) is 11.6 Å². The predicted octanol–water partition coefficient (Wildman–Crippen LogP) is 3.60. The van der Waals surface area contributed by atoms with E-state index in [9.17, 15) is 10.1 Å². The molecular weight excluding hydrogens is 388 g/mol. The summed E-state index contributed by atoms with van der Waals surface area (Å²) in [6, 6.07) is 11.4. The van der Waals surface area contributed by atoms with Gasteiger partial charge in [0, 0.05) is 24.3 Å². The Balaban J connectivity index is 1.46. The second kappa shape index (κ2) is 7.72. The zero-order valence-corrected chi connectivity index (χ0v) is 16.8. The van der Waals surface area contributed by atoms with E-state index >= 15 is 0 Å². The van der Waals surface area contributed by atoms with Gasteiger partial charge in [-0.2, -0.15) is 5.26 Å². The molecule has 0 radical (unpaired) electrons. The highest BCUT2D eigenvalue weighted by atomic mass is 35.5. The Labute approximate surface area is 173 Å². The van der Waals surface area contributed by atoms with Crippen molar-refractivity contribution >= 4 is 34.4 Å². The summed E-state index contributed by atoms with van der Waals surface area (Å²) in [5.74, 6) is 0.606. The molecule has 3 aromatic rings. The monoisotopic (exact) mass is 408 g/mol. The summed E-state index contributed by atoms with van der Waals surface area (Å²) in [5.41, 5.74) is 0.687. The van der Waals surface area contributed by atoms with Crippen LogP contribution >= 0.6 is 11.6 Å². The fourth-order valence-corrected chi connectivity index (χ4v) is 3.90. The molecule has 0 spiro atoms. The number of nitriles is 1. The highest BCUT2D eigenvalue weighted by Crippen LogP contribution is 2.35. The number of nitrogens with zero attached hydrogens (tertiary/aromatic N) is 4. The van der Waals surface area contributed by atoms with Crippen LogP contribution in [0.1, 0.15) is 31.4 Å². The lowest BCUT2D eigenvalue weighted by atomic mass is 9.78. The summed E-state index contributed by atoms with van der Waals surface area (Å²) in [4.78, 5) is 26.8. The molecule has 2 N–H and O–H groups in total. The highest BCUT2D eigenvalue weighted by Gasteiger charge is 2.42. The summed E-state index contributed by atoms with van der Waals surface area (Å²) in [5, 5.41) is 14.4. The van der Waals surface area contributed by atoms with Gasteiger partial charge in [0.25, 0.3) is 0 Å². The van der Waals surface area contributed by atoms with Crippen molar-refractivity contribution in [2.24, 2.45) is 5.41 Å². The first kappa shape index (κ1) is 19.2. The molecule has 1 saturated heterocycles. The first-order valence-electron chi connectivity index (χ1n) is 9.53. The molecule has 1 atom stereocenters. The van der Waals surface area contributed by atoms with E-state index in [2.05, 4.69) is 31.2 Å². The van der Waals surface area contributed by atoms with Crippen LogP contribution in [-0.2, 0) is 4.79 Å². The third kappa shape index (κ3) is 3.64. The topological polar surface area (TPSA) is 97.7 Å². The summed E-state index contributed by atoms with van der Waals surface area (Å²) >= 11 is 5.94. The molecule has 4 rings (SSSR count). The summed E-state index contributed by atoms with van der Waals surface area (Å²) < 4.78 is 0. The van der Waals surface area contributed by atoms with Crippen LogP contribution in [0.3, 0.4) is 0 Å². The van der Waals surface area contributed by atoms with Crippen molar-refractivity contribution in [3.63, 3.8) is 0 Å². The molecule has 29 heavy (non-hydrogen) atoms. The van der Waals surface area contributed by atoms with Gasteiger partial charge in [-0.05, 0) is 43.5 Å². The van der Waals surface area contributed by atoms with Crippen LogP contribution in [0.25, 0.3) is 11.0 Å². The normalized spacial score (nSPS) is 16.9. The molecule has 3 heterocycles. The van der Waals surface area contributed by atoms with Crippen molar-refractivity contribution in [3.8, 4) is 6.07 Å². The predicted molar refractivity (Wildman–Crippen MR) is 111 cm³/mol. The Morgan fingerprint density at radius 1 is 1.28 bits per heavy atom. The Morgan fingerprint density at radius 2 is 2.00 bits per heavy atom. The zero-order chi connectivity index (χ0) is 20.4. The van der Waals surface area contributed by atoms with Crippen molar-refractivity contribution in [2.45, 2.75) is 25.8 Å². The van der Waals surface area contributed by atoms with Crippen LogP contribution < -0.4 is 10.2 Å². The maximum absolute atomic E-state index is 13.0. The number of carbonyl (C=O) groups excluding carboxylic acids is 1. The molecule has 1 fully saturated rings. The number of fused-ring (bicyclic) bond motifs is 1. The zero-order valence-electron chi connectivity index (χ0n) is 16.0. The van der Waals surface area contributed by atoms with Gasteiger partial charge in [-0.15, -0.1) is 0 Å². The molecule has 1 aliphatic heterocycles. The fourth-order valence-electron chi connectivity index (χ4n) is 3.77. The number of hydrogen-bond donors (Lipinski definition) is 2. The summed E-state index contributed by atoms with van der Waals surface area (Å²) in [7, 11) is 0. The number of benzene rings is 1. The molecule has 8 heteroatoms. The minimum Gasteiger partial charge on any atom is -0.356 e. The largest absolute Gasteiger partial charge is 0.356 e. The Kier molecular flexibility index (Phi) is 5.12. The standard InChI is InChI=1S/C21H21ClN6O/c1-14(15-2-4-16(22)5-3-15)27-20(29)21(12-23)7-10-28(11-8-21)19-17-6-9-24-18(17)25-13-26-19/h2-6,9,13-14H,7-8,10-11H2,1H3,(H,27,29)(H,24,25,26)/t14-/m1/s1. The maximum atomic E-state index is 13.0. The number of piperidine rings is 1. The molecule has 1 aliphatic rings. The molecule has 1 amide bonds. The molecular formula is C21H21ClN6O. The minimum atomic E-state index is -1.04. The molecule has 148 valence electrons. The first-order valence-corrected chi connectivity index (χ1v) is 9.91. The van der Waals surface area contributed by atoms with Crippen molar-refractivity contribution in [1.82, 2.24) is 20.3 Å². The van der Waals surface area contributed by atoms with Crippen LogP contribution in [0.2, 0.25) is 5.02 Å². The lowest BCUT2D eigenvalue weighted by Gasteiger charge is -2.37.